The van der Waals surface area contributed by atoms with Crippen molar-refractivity contribution < 1.29 is 19.4 Å². The molecular formula is C19H19IN2O4. The van der Waals surface area contributed by atoms with Crippen LogP contribution in [0.25, 0.3) is 0 Å². The summed E-state index contributed by atoms with van der Waals surface area (Å²) in [5, 5.41) is 12.8. The van der Waals surface area contributed by atoms with E-state index in [1.807, 2.05) is 31.2 Å². The Hall–Kier alpha value is -2.13. The van der Waals surface area contributed by atoms with Crippen molar-refractivity contribution in [2.75, 3.05) is 11.9 Å². The fraction of sp³-hybridized carbons (Fsp3) is 0.263. The molecule has 0 saturated carbocycles. The number of aryl methyl sites for hydroxylation is 1. The number of aliphatic hydroxyl groups is 1. The summed E-state index contributed by atoms with van der Waals surface area (Å²) in [5.74, 6) is 0.0578. The molecule has 1 saturated heterocycles. The first-order valence-electron chi connectivity index (χ1n) is 8.22. The molecule has 6 nitrogen and oxygen atoms in total. The van der Waals surface area contributed by atoms with E-state index in [-0.39, 0.29) is 18.9 Å². The molecule has 2 aromatic carbocycles. The molecule has 3 rings (SSSR count). The van der Waals surface area contributed by atoms with E-state index in [1.165, 1.54) is 4.90 Å². The van der Waals surface area contributed by atoms with Crippen molar-refractivity contribution >= 4 is 40.3 Å². The third-order valence-electron chi connectivity index (χ3n) is 4.21. The number of nitrogens with zero attached hydrogens (tertiary/aromatic N) is 1. The highest BCUT2D eigenvalue weighted by molar-refractivity contribution is 14.1. The van der Waals surface area contributed by atoms with Crippen LogP contribution >= 0.6 is 22.6 Å². The zero-order valence-electron chi connectivity index (χ0n) is 14.2. The van der Waals surface area contributed by atoms with Crippen LogP contribution in [0.1, 0.15) is 12.0 Å². The molecule has 2 aromatic rings. The van der Waals surface area contributed by atoms with Crippen LogP contribution in [0.2, 0.25) is 0 Å². The lowest BCUT2D eigenvalue weighted by molar-refractivity contribution is -0.119. The van der Waals surface area contributed by atoms with E-state index in [0.29, 0.717) is 11.4 Å². The second-order valence-electron chi connectivity index (χ2n) is 6.19. The average Bonchev–Trinajstić information content (AvgIpc) is 3.00. The van der Waals surface area contributed by atoms with E-state index in [1.54, 1.807) is 24.3 Å². The lowest BCUT2D eigenvalue weighted by atomic mass is 10.1. The minimum absolute atomic E-state index is 0.0649. The smallest absolute Gasteiger partial charge is 0.410 e. The zero-order valence-corrected chi connectivity index (χ0v) is 16.3. The van der Waals surface area contributed by atoms with Crippen LogP contribution in [0.15, 0.2) is 48.5 Å². The van der Waals surface area contributed by atoms with Gasteiger partial charge in [0.15, 0.2) is 0 Å². The quantitative estimate of drug-likeness (QED) is 0.682. The highest BCUT2D eigenvalue weighted by Crippen LogP contribution is 2.23. The zero-order chi connectivity index (χ0) is 18.7. The van der Waals surface area contributed by atoms with Crippen molar-refractivity contribution in [1.29, 1.82) is 0 Å². The molecule has 2 atom stereocenters. The molecule has 7 heteroatoms. The average molecular weight is 466 g/mol. The van der Waals surface area contributed by atoms with E-state index in [4.69, 9.17) is 4.74 Å². The molecular weight excluding hydrogens is 447 g/mol. The third kappa shape index (κ3) is 4.34. The number of nitrogens with one attached hydrogen (secondary N) is 1. The van der Waals surface area contributed by atoms with E-state index < -0.39 is 18.2 Å². The molecule has 1 aliphatic rings. The van der Waals surface area contributed by atoms with Gasteiger partial charge in [0.25, 0.3) is 0 Å². The number of hydrogen-bond donors (Lipinski definition) is 2. The number of likely N-dealkylation sites (tertiary alicyclic amines) is 1. The second-order valence-corrected chi connectivity index (χ2v) is 7.43. The summed E-state index contributed by atoms with van der Waals surface area (Å²) in [7, 11) is 0. The number of rotatable bonds is 3. The van der Waals surface area contributed by atoms with Crippen molar-refractivity contribution in [2.24, 2.45) is 0 Å². The summed E-state index contributed by atoms with van der Waals surface area (Å²) in [4.78, 5) is 26.4. The van der Waals surface area contributed by atoms with Crippen LogP contribution in [0.3, 0.4) is 0 Å². The van der Waals surface area contributed by atoms with Crippen molar-refractivity contribution in [2.45, 2.75) is 25.5 Å². The molecule has 26 heavy (non-hydrogen) atoms. The van der Waals surface area contributed by atoms with E-state index in [2.05, 4.69) is 27.9 Å². The van der Waals surface area contributed by atoms with Crippen molar-refractivity contribution in [1.82, 2.24) is 4.90 Å². The number of halogens is 1. The van der Waals surface area contributed by atoms with Gasteiger partial charge >= 0.3 is 6.09 Å². The first kappa shape index (κ1) is 18.7. The number of ether oxygens (including phenoxy) is 1. The molecule has 1 fully saturated rings. The van der Waals surface area contributed by atoms with Crippen LogP contribution < -0.4 is 10.1 Å². The number of carbonyl (C=O) groups is 2. The van der Waals surface area contributed by atoms with Crippen molar-refractivity contribution in [3.8, 4) is 5.75 Å². The molecule has 0 aliphatic carbocycles. The maximum atomic E-state index is 12.7. The largest absolute Gasteiger partial charge is 0.416 e. The Morgan fingerprint density at radius 1 is 1.23 bits per heavy atom. The number of β-amino-alcohol motifs (C(OH)–C–C–N with tert-alkyl or cyclic N) is 1. The molecule has 1 heterocycles. The van der Waals surface area contributed by atoms with Crippen LogP contribution in [0.4, 0.5) is 10.5 Å². The molecule has 1 aliphatic heterocycles. The molecule has 0 spiro atoms. The molecule has 2 N–H and O–H groups in total. The topological polar surface area (TPSA) is 78.9 Å². The van der Waals surface area contributed by atoms with E-state index in [9.17, 15) is 14.7 Å². The Labute approximate surface area is 165 Å². The fourth-order valence-corrected chi connectivity index (χ4v) is 3.54. The van der Waals surface area contributed by atoms with Gasteiger partial charge in [-0.15, -0.1) is 0 Å². The van der Waals surface area contributed by atoms with Crippen LogP contribution in [0.5, 0.6) is 5.75 Å². The van der Waals surface area contributed by atoms with Crippen LogP contribution in [-0.4, -0.2) is 40.7 Å². The first-order chi connectivity index (χ1) is 12.4. The number of benzene rings is 2. The molecule has 0 aromatic heterocycles. The summed E-state index contributed by atoms with van der Waals surface area (Å²) in [5.41, 5.74) is 1.62. The Bertz CT molecular complexity index is 812. The van der Waals surface area contributed by atoms with Gasteiger partial charge in [0.1, 0.15) is 11.8 Å². The summed E-state index contributed by atoms with van der Waals surface area (Å²) < 4.78 is 6.38. The van der Waals surface area contributed by atoms with Gasteiger partial charge in [0.2, 0.25) is 5.91 Å². The number of aliphatic hydroxyl groups excluding tert-OH is 1. The van der Waals surface area contributed by atoms with Gasteiger partial charge in [-0.25, -0.2) is 4.79 Å². The number of carbonyl (C=O) groups excluding carboxylic acids is 2. The van der Waals surface area contributed by atoms with Crippen LogP contribution in [0, 0.1) is 10.5 Å². The minimum atomic E-state index is -0.778. The van der Waals surface area contributed by atoms with Gasteiger partial charge < -0.3 is 15.2 Å². The number of anilines is 1. The number of amides is 2. The maximum absolute atomic E-state index is 12.7. The Morgan fingerprint density at radius 2 is 1.96 bits per heavy atom. The summed E-state index contributed by atoms with van der Waals surface area (Å²) >= 11 is 2.20. The van der Waals surface area contributed by atoms with Crippen molar-refractivity contribution in [3.05, 3.63) is 57.7 Å². The standard InChI is InChI=1S/C19H19IN2O4/c1-12-9-13(20)7-8-16(12)21-18(24)17-10-14(23)11-22(17)19(25)26-15-5-3-2-4-6-15/h2-9,14,17,23H,10-11H2,1H3,(H,21,24)/t14-,17-/m0/s1. The molecule has 136 valence electrons. The van der Waals surface area contributed by atoms with Gasteiger partial charge in [-0.1, -0.05) is 18.2 Å². The fourth-order valence-electron chi connectivity index (χ4n) is 2.90. The molecule has 0 bridgehead atoms. The van der Waals surface area contributed by atoms with E-state index in [0.717, 1.165) is 9.13 Å². The first-order valence-corrected chi connectivity index (χ1v) is 9.30. The second kappa shape index (κ2) is 8.05. The molecule has 0 unspecified atom stereocenters. The SMILES string of the molecule is Cc1cc(I)ccc1NC(=O)[C@@H]1C[C@H](O)CN1C(=O)Oc1ccccc1. The lowest BCUT2D eigenvalue weighted by Gasteiger charge is -2.23. The van der Waals surface area contributed by atoms with Gasteiger partial charge in [0, 0.05) is 15.7 Å². The Kier molecular flexibility index (Phi) is 5.77. The molecule has 0 radical (unpaired) electrons. The van der Waals surface area contributed by atoms with Gasteiger partial charge in [-0.2, -0.15) is 0 Å². The van der Waals surface area contributed by atoms with E-state index >= 15 is 0 Å². The lowest BCUT2D eigenvalue weighted by Crippen LogP contribution is -2.44. The van der Waals surface area contributed by atoms with Gasteiger partial charge in [-0.05, 0) is 65.4 Å². The normalized spacial score (nSPS) is 19.3. The highest BCUT2D eigenvalue weighted by atomic mass is 127. The summed E-state index contributed by atoms with van der Waals surface area (Å²) in [6.45, 7) is 1.97. The summed E-state index contributed by atoms with van der Waals surface area (Å²) in [6.07, 6.45) is -1.22. The summed E-state index contributed by atoms with van der Waals surface area (Å²) in [6, 6.07) is 13.6. The number of para-hydroxylation sites is 1. The highest BCUT2D eigenvalue weighted by Gasteiger charge is 2.40. The van der Waals surface area contributed by atoms with Crippen molar-refractivity contribution in [3.63, 3.8) is 0 Å². The molecule has 2 amide bonds. The monoisotopic (exact) mass is 466 g/mol. The Morgan fingerprint density at radius 3 is 2.65 bits per heavy atom. The Balaban J connectivity index is 1.72. The van der Waals surface area contributed by atoms with Crippen LogP contribution in [-0.2, 0) is 4.79 Å². The predicted octanol–water partition coefficient (Wildman–Crippen LogP) is 3.17. The minimum Gasteiger partial charge on any atom is -0.410 e. The third-order valence-corrected chi connectivity index (χ3v) is 4.88. The van der Waals surface area contributed by atoms with Gasteiger partial charge in [0.05, 0.1) is 12.6 Å². The number of hydrogen-bond acceptors (Lipinski definition) is 4. The van der Waals surface area contributed by atoms with Gasteiger partial charge in [-0.3, -0.25) is 9.69 Å². The predicted molar refractivity (Wildman–Crippen MR) is 106 cm³/mol. The maximum Gasteiger partial charge on any atom is 0.416 e.